The van der Waals surface area contributed by atoms with Gasteiger partial charge in [0.2, 0.25) is 0 Å². The third-order valence-electron chi connectivity index (χ3n) is 6.85. The lowest BCUT2D eigenvalue weighted by Gasteiger charge is -2.38. The van der Waals surface area contributed by atoms with Crippen molar-refractivity contribution in [2.75, 3.05) is 19.8 Å². The molecule has 132 valence electrons. The van der Waals surface area contributed by atoms with Gasteiger partial charge in [0.05, 0.1) is 13.2 Å². The Kier molecular flexibility index (Phi) is 4.02. The van der Waals surface area contributed by atoms with Crippen LogP contribution in [-0.2, 0) is 18.6 Å². The quantitative estimate of drug-likeness (QED) is 0.577. The van der Waals surface area contributed by atoms with Crippen molar-refractivity contribution >= 4 is 13.5 Å². The van der Waals surface area contributed by atoms with E-state index in [0.29, 0.717) is 18.4 Å². The fourth-order valence-corrected chi connectivity index (χ4v) is 8.02. The first kappa shape index (κ1) is 17.4. The van der Waals surface area contributed by atoms with Crippen molar-refractivity contribution < 1.29 is 18.6 Å². The van der Waals surface area contributed by atoms with Crippen LogP contribution in [0.25, 0.3) is 0 Å². The second-order valence-corrected chi connectivity index (χ2v) is 11.0. The molecule has 0 amide bonds. The molecule has 3 rings (SSSR count). The van der Waals surface area contributed by atoms with E-state index in [1.165, 1.54) is 7.11 Å². The zero-order chi connectivity index (χ0) is 17.2. The number of esters is 1. The summed E-state index contributed by atoms with van der Waals surface area (Å²) < 4.78 is 26.6. The van der Waals surface area contributed by atoms with E-state index in [-0.39, 0.29) is 29.1 Å². The van der Waals surface area contributed by atoms with Gasteiger partial charge in [-0.1, -0.05) is 34.6 Å². The minimum atomic E-state index is -3.16. The maximum absolute atomic E-state index is 13.5. The summed E-state index contributed by atoms with van der Waals surface area (Å²) in [5, 5.41) is 0. The lowest BCUT2D eigenvalue weighted by Crippen LogP contribution is -2.43. The second-order valence-electron chi connectivity index (χ2n) is 8.69. The smallest absolute Gasteiger partial charge is 0.316 e. The average molecular weight is 343 g/mol. The predicted molar refractivity (Wildman–Crippen MR) is 89.3 cm³/mol. The van der Waals surface area contributed by atoms with Crippen LogP contribution in [0.15, 0.2) is 0 Å². The van der Waals surface area contributed by atoms with Gasteiger partial charge in [0.1, 0.15) is 6.16 Å². The molecular weight excluding hydrogens is 313 g/mol. The standard InChI is InChI=1S/C17H30NO4P/c1-11(2)9-18-14-12-7-8-17(5,16(12,3)4)15(14)22-23(18,20)10-13(19)21-6/h11-12,14-15H,7-10H2,1-6H3/t12?,14?,15?,17?,23-/m1/s1. The van der Waals surface area contributed by atoms with Gasteiger partial charge in [0, 0.05) is 18.0 Å². The fraction of sp³-hybridized carbons (Fsp3) is 0.941. The lowest BCUT2D eigenvalue weighted by molar-refractivity contribution is -0.137. The summed E-state index contributed by atoms with van der Waals surface area (Å²) in [5.74, 6) is 0.405. The Morgan fingerprint density at radius 3 is 2.61 bits per heavy atom. The Bertz CT molecular complexity index is 561. The number of carbonyl (C=O) groups excluding carboxylic acids is 1. The van der Waals surface area contributed by atoms with Crippen LogP contribution < -0.4 is 0 Å². The summed E-state index contributed by atoms with van der Waals surface area (Å²) in [7, 11) is -1.82. The van der Waals surface area contributed by atoms with Gasteiger partial charge in [-0.25, -0.2) is 4.67 Å². The summed E-state index contributed by atoms with van der Waals surface area (Å²) in [4.78, 5) is 11.8. The van der Waals surface area contributed by atoms with E-state index in [4.69, 9.17) is 9.26 Å². The van der Waals surface area contributed by atoms with Gasteiger partial charge in [-0.2, -0.15) is 0 Å². The van der Waals surface area contributed by atoms with E-state index in [0.717, 1.165) is 12.8 Å². The molecule has 0 aromatic heterocycles. The fourth-order valence-electron chi connectivity index (χ4n) is 5.22. The van der Waals surface area contributed by atoms with E-state index in [1.54, 1.807) is 0 Å². The Labute approximate surface area is 139 Å². The summed E-state index contributed by atoms with van der Waals surface area (Å²) >= 11 is 0. The largest absolute Gasteiger partial charge is 0.469 e. The van der Waals surface area contributed by atoms with Crippen molar-refractivity contribution in [3.63, 3.8) is 0 Å². The van der Waals surface area contributed by atoms with Crippen LogP contribution >= 0.6 is 7.52 Å². The van der Waals surface area contributed by atoms with Gasteiger partial charge >= 0.3 is 5.97 Å². The molecule has 1 heterocycles. The molecule has 1 saturated heterocycles. The highest BCUT2D eigenvalue weighted by Gasteiger charge is 2.73. The number of hydrogen-bond acceptors (Lipinski definition) is 4. The van der Waals surface area contributed by atoms with Gasteiger partial charge in [0.15, 0.2) is 0 Å². The Balaban J connectivity index is 1.98. The summed E-state index contributed by atoms with van der Waals surface area (Å²) in [6.07, 6.45) is 2.10. The van der Waals surface area contributed by atoms with E-state index >= 15 is 0 Å². The topological polar surface area (TPSA) is 55.8 Å². The van der Waals surface area contributed by atoms with Crippen LogP contribution in [0.3, 0.4) is 0 Å². The number of nitrogens with zero attached hydrogens (tertiary/aromatic N) is 1. The molecule has 2 saturated carbocycles. The summed E-state index contributed by atoms with van der Waals surface area (Å²) in [5.41, 5.74) is 0.202. The average Bonchev–Trinajstić information content (AvgIpc) is 2.90. The van der Waals surface area contributed by atoms with Crippen molar-refractivity contribution in [2.45, 2.75) is 59.6 Å². The normalized spacial score (nSPS) is 44.7. The van der Waals surface area contributed by atoms with E-state index in [9.17, 15) is 9.36 Å². The zero-order valence-electron chi connectivity index (χ0n) is 15.2. The molecule has 6 heteroatoms. The third kappa shape index (κ3) is 2.26. The molecule has 0 spiro atoms. The molecule has 4 unspecified atom stereocenters. The van der Waals surface area contributed by atoms with E-state index < -0.39 is 13.5 Å². The van der Waals surface area contributed by atoms with Crippen LogP contribution in [0, 0.1) is 22.7 Å². The second kappa shape index (κ2) is 5.31. The van der Waals surface area contributed by atoms with E-state index in [2.05, 4.69) is 39.3 Å². The molecule has 1 aliphatic heterocycles. The molecule has 0 radical (unpaired) electrons. The lowest BCUT2D eigenvalue weighted by atomic mass is 9.70. The molecule has 0 aromatic carbocycles. The Morgan fingerprint density at radius 2 is 2.04 bits per heavy atom. The SMILES string of the molecule is COC(=O)C[P@@]1(=O)OC2C(C3CCC2(C)C3(C)C)N1CC(C)C. The zero-order valence-corrected chi connectivity index (χ0v) is 16.1. The maximum atomic E-state index is 13.5. The van der Waals surface area contributed by atoms with Crippen LogP contribution in [0.1, 0.15) is 47.5 Å². The Hall–Kier alpha value is -0.380. The van der Waals surface area contributed by atoms with Gasteiger partial charge in [-0.3, -0.25) is 9.36 Å². The molecule has 2 aliphatic carbocycles. The van der Waals surface area contributed by atoms with Crippen LogP contribution in [0.5, 0.6) is 0 Å². The van der Waals surface area contributed by atoms with Gasteiger partial charge in [-0.05, 0) is 30.1 Å². The van der Waals surface area contributed by atoms with Crippen LogP contribution in [-0.4, -0.2) is 42.6 Å². The highest BCUT2D eigenvalue weighted by Crippen LogP contribution is 2.75. The number of ether oxygens (including phenoxy) is 1. The van der Waals surface area contributed by atoms with Crippen molar-refractivity contribution in [3.8, 4) is 0 Å². The molecule has 2 bridgehead atoms. The highest BCUT2D eigenvalue weighted by atomic mass is 31.2. The summed E-state index contributed by atoms with van der Waals surface area (Å²) in [6.45, 7) is 11.9. The predicted octanol–water partition coefficient (Wildman–Crippen LogP) is 3.53. The molecule has 0 aromatic rings. The van der Waals surface area contributed by atoms with Crippen molar-refractivity contribution in [3.05, 3.63) is 0 Å². The molecule has 23 heavy (non-hydrogen) atoms. The van der Waals surface area contributed by atoms with E-state index in [1.807, 2.05) is 0 Å². The summed E-state index contributed by atoms with van der Waals surface area (Å²) in [6, 6.07) is 0.168. The first-order chi connectivity index (χ1) is 10.6. The van der Waals surface area contributed by atoms with Crippen LogP contribution in [0.4, 0.5) is 0 Å². The number of fused-ring (bicyclic) bond motifs is 5. The molecule has 5 atom stereocenters. The van der Waals surface area contributed by atoms with Gasteiger partial charge < -0.3 is 9.26 Å². The van der Waals surface area contributed by atoms with Crippen molar-refractivity contribution in [1.82, 2.24) is 4.67 Å². The minimum Gasteiger partial charge on any atom is -0.469 e. The monoisotopic (exact) mass is 343 g/mol. The first-order valence-corrected chi connectivity index (χ1v) is 10.4. The Morgan fingerprint density at radius 1 is 1.39 bits per heavy atom. The highest BCUT2D eigenvalue weighted by molar-refractivity contribution is 7.57. The van der Waals surface area contributed by atoms with Gasteiger partial charge in [0.25, 0.3) is 7.52 Å². The molecule has 0 N–H and O–H groups in total. The van der Waals surface area contributed by atoms with Crippen molar-refractivity contribution in [1.29, 1.82) is 0 Å². The minimum absolute atomic E-state index is 0.0276. The first-order valence-electron chi connectivity index (χ1n) is 8.68. The molecular formula is C17H30NO4P. The molecule has 3 aliphatic rings. The molecule has 3 fully saturated rings. The maximum Gasteiger partial charge on any atom is 0.316 e. The molecule has 5 nitrogen and oxygen atoms in total. The van der Waals surface area contributed by atoms with Crippen LogP contribution in [0.2, 0.25) is 0 Å². The number of carbonyl (C=O) groups is 1. The third-order valence-corrected chi connectivity index (χ3v) is 9.27. The number of methoxy groups -OCH3 is 1. The number of hydrogen-bond donors (Lipinski definition) is 0. The number of rotatable bonds is 4. The van der Waals surface area contributed by atoms with Crippen molar-refractivity contribution in [2.24, 2.45) is 22.7 Å². The van der Waals surface area contributed by atoms with Gasteiger partial charge in [-0.15, -0.1) is 0 Å².